The molecule has 3 aromatic rings. The summed E-state index contributed by atoms with van der Waals surface area (Å²) in [6, 6.07) is 13.4. The lowest BCUT2D eigenvalue weighted by molar-refractivity contribution is 0.102. The quantitative estimate of drug-likeness (QED) is 0.675. The van der Waals surface area contributed by atoms with Crippen molar-refractivity contribution in [2.45, 2.75) is 12.7 Å². The van der Waals surface area contributed by atoms with Crippen molar-refractivity contribution in [2.75, 3.05) is 5.32 Å². The number of aromatic nitrogens is 1. The highest BCUT2D eigenvalue weighted by molar-refractivity contribution is 7.88. The average Bonchev–Trinajstić information content (AvgIpc) is 2.97. The topological polar surface area (TPSA) is 115 Å². The van der Waals surface area contributed by atoms with E-state index in [1.165, 1.54) is 0 Å². The van der Waals surface area contributed by atoms with Gasteiger partial charge in [-0.1, -0.05) is 47.1 Å². The molecule has 0 unspecified atom stereocenters. The molecule has 0 bridgehead atoms. The van der Waals surface area contributed by atoms with Crippen molar-refractivity contribution < 1.29 is 17.7 Å². The van der Waals surface area contributed by atoms with Gasteiger partial charge in [0.1, 0.15) is 17.0 Å². The van der Waals surface area contributed by atoms with Crippen LogP contribution >= 0.6 is 11.6 Å². The van der Waals surface area contributed by atoms with Crippen molar-refractivity contribution >= 4 is 33.2 Å². The van der Waals surface area contributed by atoms with Gasteiger partial charge in [-0.3, -0.25) is 4.79 Å². The third-order valence-electron chi connectivity index (χ3n) is 3.80. The number of sulfonamides is 1. The first kappa shape index (κ1) is 19.1. The number of nitrogens with two attached hydrogens (primary N) is 1. The van der Waals surface area contributed by atoms with Crippen LogP contribution in [0.4, 0.5) is 5.69 Å². The van der Waals surface area contributed by atoms with Gasteiger partial charge in [-0.25, -0.2) is 13.6 Å². The van der Waals surface area contributed by atoms with Gasteiger partial charge in [0, 0.05) is 11.3 Å². The van der Waals surface area contributed by atoms with Crippen molar-refractivity contribution in [1.29, 1.82) is 0 Å². The highest BCUT2D eigenvalue weighted by Crippen LogP contribution is 2.31. The van der Waals surface area contributed by atoms with Crippen LogP contribution in [0.2, 0.25) is 5.02 Å². The first-order valence-electron chi connectivity index (χ1n) is 7.86. The van der Waals surface area contributed by atoms with Crippen LogP contribution in [-0.2, 0) is 15.8 Å². The third kappa shape index (κ3) is 4.54. The molecular weight excluding hydrogens is 390 g/mol. The summed E-state index contributed by atoms with van der Waals surface area (Å²) >= 11 is 6.20. The Balaban J connectivity index is 1.85. The zero-order chi connectivity index (χ0) is 19.6. The molecule has 0 radical (unpaired) electrons. The van der Waals surface area contributed by atoms with Gasteiger partial charge in [-0.15, -0.1) is 0 Å². The van der Waals surface area contributed by atoms with Crippen molar-refractivity contribution in [1.82, 2.24) is 5.16 Å². The minimum absolute atomic E-state index is 0.275. The van der Waals surface area contributed by atoms with Crippen molar-refractivity contribution in [3.8, 4) is 11.3 Å². The van der Waals surface area contributed by atoms with Crippen LogP contribution in [0.5, 0.6) is 0 Å². The minimum Gasteiger partial charge on any atom is -0.360 e. The molecule has 1 aromatic heterocycles. The molecule has 0 saturated heterocycles. The second kappa shape index (κ2) is 7.51. The molecule has 9 heteroatoms. The lowest BCUT2D eigenvalue weighted by Crippen LogP contribution is -2.15. The van der Waals surface area contributed by atoms with E-state index in [4.69, 9.17) is 21.3 Å². The van der Waals surface area contributed by atoms with E-state index in [9.17, 15) is 13.2 Å². The maximum Gasteiger partial charge on any atom is 0.261 e. The lowest BCUT2D eigenvalue weighted by atomic mass is 10.1. The van der Waals surface area contributed by atoms with Crippen LogP contribution in [-0.4, -0.2) is 19.5 Å². The molecule has 7 nitrogen and oxygen atoms in total. The Labute approximate surface area is 161 Å². The number of carbonyl (C=O) groups excluding carboxylic acids is 1. The summed E-state index contributed by atoms with van der Waals surface area (Å²) in [5.74, 6) is -0.334. The number of aryl methyl sites for hydroxylation is 1. The Bertz CT molecular complexity index is 1090. The smallest absolute Gasteiger partial charge is 0.261 e. The summed E-state index contributed by atoms with van der Waals surface area (Å²) in [6.45, 7) is 1.64. The maximum absolute atomic E-state index is 12.7. The molecule has 0 aliphatic heterocycles. The normalized spacial score (nSPS) is 11.4. The number of hydrogen-bond acceptors (Lipinski definition) is 5. The minimum atomic E-state index is -3.62. The molecule has 0 aliphatic carbocycles. The van der Waals surface area contributed by atoms with E-state index >= 15 is 0 Å². The van der Waals surface area contributed by atoms with Gasteiger partial charge in [0.25, 0.3) is 5.91 Å². The Morgan fingerprint density at radius 1 is 1.19 bits per heavy atom. The van der Waals surface area contributed by atoms with Gasteiger partial charge in [0.2, 0.25) is 10.0 Å². The summed E-state index contributed by atoms with van der Waals surface area (Å²) in [5.41, 5.74) is 2.22. The van der Waals surface area contributed by atoms with Gasteiger partial charge in [0.05, 0.1) is 10.8 Å². The molecule has 1 heterocycles. The number of primary sulfonamides is 1. The summed E-state index contributed by atoms with van der Waals surface area (Å²) in [4.78, 5) is 12.7. The molecule has 0 saturated carbocycles. The number of benzene rings is 2. The Morgan fingerprint density at radius 2 is 1.85 bits per heavy atom. The van der Waals surface area contributed by atoms with Gasteiger partial charge in [-0.2, -0.15) is 0 Å². The predicted octanol–water partition coefficient (Wildman–Crippen LogP) is 3.34. The molecule has 27 heavy (non-hydrogen) atoms. The second-order valence-corrected chi connectivity index (χ2v) is 7.92. The highest BCUT2D eigenvalue weighted by Gasteiger charge is 2.23. The molecule has 0 fully saturated rings. The average molecular weight is 406 g/mol. The predicted molar refractivity (Wildman–Crippen MR) is 103 cm³/mol. The highest BCUT2D eigenvalue weighted by atomic mass is 35.5. The summed E-state index contributed by atoms with van der Waals surface area (Å²) in [5, 5.41) is 12.2. The zero-order valence-corrected chi connectivity index (χ0v) is 15.8. The third-order valence-corrected chi connectivity index (χ3v) is 4.86. The molecule has 3 rings (SSSR count). The van der Waals surface area contributed by atoms with Crippen LogP contribution in [0, 0.1) is 6.92 Å². The van der Waals surface area contributed by atoms with Crippen LogP contribution in [0.1, 0.15) is 21.7 Å². The molecule has 140 valence electrons. The number of nitrogens with one attached hydrogen (secondary N) is 1. The molecule has 0 aliphatic rings. The van der Waals surface area contributed by atoms with Gasteiger partial charge < -0.3 is 9.84 Å². The number of amides is 1. The SMILES string of the molecule is Cc1onc(-c2ccccc2Cl)c1C(=O)Nc1ccc(CS(N)(=O)=O)cc1. The molecule has 0 spiro atoms. The molecule has 0 atom stereocenters. The van der Waals surface area contributed by atoms with Crippen molar-refractivity contribution in [3.63, 3.8) is 0 Å². The van der Waals surface area contributed by atoms with E-state index in [-0.39, 0.29) is 11.3 Å². The fraction of sp³-hybridized carbons (Fsp3) is 0.111. The molecule has 3 N–H and O–H groups in total. The van der Waals surface area contributed by atoms with Crippen LogP contribution in [0.15, 0.2) is 53.1 Å². The van der Waals surface area contributed by atoms with E-state index in [0.717, 1.165) is 0 Å². The first-order chi connectivity index (χ1) is 12.7. The van der Waals surface area contributed by atoms with E-state index < -0.39 is 15.9 Å². The fourth-order valence-corrected chi connectivity index (χ4v) is 3.47. The van der Waals surface area contributed by atoms with Gasteiger partial charge in [-0.05, 0) is 30.7 Å². The first-order valence-corrected chi connectivity index (χ1v) is 9.96. The van der Waals surface area contributed by atoms with E-state index in [1.807, 2.05) is 0 Å². The maximum atomic E-state index is 12.7. The summed E-state index contributed by atoms with van der Waals surface area (Å²) < 4.78 is 27.5. The van der Waals surface area contributed by atoms with Crippen LogP contribution in [0.3, 0.4) is 0 Å². The van der Waals surface area contributed by atoms with Crippen molar-refractivity contribution in [2.24, 2.45) is 5.14 Å². The number of hydrogen-bond donors (Lipinski definition) is 2. The van der Waals surface area contributed by atoms with E-state index in [2.05, 4.69) is 10.5 Å². The van der Waals surface area contributed by atoms with Crippen molar-refractivity contribution in [3.05, 3.63) is 70.4 Å². The Kier molecular flexibility index (Phi) is 5.31. The van der Waals surface area contributed by atoms with E-state index in [1.54, 1.807) is 55.5 Å². The largest absolute Gasteiger partial charge is 0.360 e. The molecule has 2 aromatic carbocycles. The molecular formula is C18H16ClN3O4S. The number of carbonyl (C=O) groups is 1. The Hall–Kier alpha value is -2.68. The van der Waals surface area contributed by atoms with E-state index in [0.29, 0.717) is 33.3 Å². The summed E-state index contributed by atoms with van der Waals surface area (Å²) in [7, 11) is -3.62. The fourth-order valence-electron chi connectivity index (χ4n) is 2.59. The standard InChI is InChI=1S/C18H16ClN3O4S/c1-11-16(17(22-26-11)14-4-2-3-5-15(14)19)18(23)21-13-8-6-12(7-9-13)10-27(20,24)25/h2-9H,10H2,1H3,(H,21,23)(H2,20,24,25). The Morgan fingerprint density at radius 3 is 2.48 bits per heavy atom. The van der Waals surface area contributed by atoms with Gasteiger partial charge >= 0.3 is 0 Å². The lowest BCUT2D eigenvalue weighted by Gasteiger charge is -2.07. The number of nitrogens with zero attached hydrogens (tertiary/aromatic N) is 1. The van der Waals surface area contributed by atoms with Crippen LogP contribution < -0.4 is 10.5 Å². The summed E-state index contributed by atoms with van der Waals surface area (Å²) in [6.07, 6.45) is 0. The van der Waals surface area contributed by atoms with Crippen LogP contribution in [0.25, 0.3) is 11.3 Å². The van der Waals surface area contributed by atoms with Gasteiger partial charge in [0.15, 0.2) is 0 Å². The number of anilines is 1. The second-order valence-electron chi connectivity index (χ2n) is 5.90. The zero-order valence-electron chi connectivity index (χ0n) is 14.3. The molecule has 1 amide bonds. The number of rotatable bonds is 5. The number of halogens is 1. The monoisotopic (exact) mass is 405 g/mol.